The second-order valence-electron chi connectivity index (χ2n) is 7.79. The van der Waals surface area contributed by atoms with Crippen molar-refractivity contribution in [2.45, 2.75) is 32.4 Å². The van der Waals surface area contributed by atoms with E-state index in [-0.39, 0.29) is 6.10 Å². The number of ether oxygens (including phenoxy) is 3. The van der Waals surface area contributed by atoms with Crippen molar-refractivity contribution in [3.05, 3.63) is 72.3 Å². The van der Waals surface area contributed by atoms with Crippen LogP contribution in [0.2, 0.25) is 0 Å². The number of nitrogens with one attached hydrogen (secondary N) is 1. The third kappa shape index (κ3) is 5.34. The smallest absolute Gasteiger partial charge is 0.330 e. The molecule has 162 valence electrons. The van der Waals surface area contributed by atoms with Gasteiger partial charge in [0.1, 0.15) is 29.7 Å². The molecule has 0 radical (unpaired) electrons. The molecule has 3 rings (SSSR count). The highest BCUT2D eigenvalue weighted by molar-refractivity contribution is 6.05. The molecule has 3 aromatic carbocycles. The van der Waals surface area contributed by atoms with Crippen LogP contribution in [0.5, 0.6) is 11.5 Å². The van der Waals surface area contributed by atoms with Gasteiger partial charge in [0, 0.05) is 5.39 Å². The summed E-state index contributed by atoms with van der Waals surface area (Å²) in [7, 11) is 1.29. The molecule has 0 aliphatic carbocycles. The van der Waals surface area contributed by atoms with Crippen molar-refractivity contribution >= 4 is 22.6 Å². The Bertz CT molecular complexity index is 1060. The first-order valence-corrected chi connectivity index (χ1v) is 10.1. The Hall–Kier alpha value is -3.54. The van der Waals surface area contributed by atoms with Crippen LogP contribution in [0.3, 0.4) is 0 Å². The van der Waals surface area contributed by atoms with Gasteiger partial charge in [-0.1, -0.05) is 48.5 Å². The van der Waals surface area contributed by atoms with Gasteiger partial charge in [0.05, 0.1) is 12.7 Å². The van der Waals surface area contributed by atoms with Crippen molar-refractivity contribution in [3.8, 4) is 11.5 Å². The molecule has 0 fully saturated rings. The number of carbonyl (C=O) groups excluding carboxylic acids is 2. The summed E-state index contributed by atoms with van der Waals surface area (Å²) in [6.45, 7) is 5.37. The topological polar surface area (TPSA) is 73.9 Å². The minimum absolute atomic E-state index is 0.307. The quantitative estimate of drug-likeness (QED) is 0.547. The molecule has 0 heterocycles. The van der Waals surface area contributed by atoms with E-state index in [0.717, 1.165) is 16.5 Å². The molecule has 1 amide bonds. The van der Waals surface area contributed by atoms with E-state index in [4.69, 9.17) is 14.2 Å². The third-order valence-electron chi connectivity index (χ3n) is 4.79. The summed E-state index contributed by atoms with van der Waals surface area (Å²) in [6, 6.07) is 20.7. The van der Waals surface area contributed by atoms with Crippen LogP contribution in [0, 0.1) is 0 Å². The van der Waals surface area contributed by atoms with Gasteiger partial charge in [-0.05, 0) is 44.4 Å². The van der Waals surface area contributed by atoms with Crippen molar-refractivity contribution in [1.82, 2.24) is 5.32 Å². The van der Waals surface area contributed by atoms with Gasteiger partial charge in [0.25, 0.3) is 5.91 Å². The highest BCUT2D eigenvalue weighted by atomic mass is 16.5. The van der Waals surface area contributed by atoms with E-state index in [0.29, 0.717) is 17.9 Å². The molecule has 0 aromatic heterocycles. The number of carbonyl (C=O) groups is 2. The molecule has 1 unspecified atom stereocenters. The summed E-state index contributed by atoms with van der Waals surface area (Å²) < 4.78 is 16.8. The third-order valence-corrected chi connectivity index (χ3v) is 4.79. The molecule has 0 aliphatic rings. The van der Waals surface area contributed by atoms with E-state index in [9.17, 15) is 9.59 Å². The molecule has 0 bridgehead atoms. The molecular weight excluding hydrogens is 394 g/mol. The highest BCUT2D eigenvalue weighted by Crippen LogP contribution is 2.31. The minimum atomic E-state index is -1.18. The van der Waals surface area contributed by atoms with E-state index in [1.54, 1.807) is 19.9 Å². The molecular formula is C25H27NO5. The fourth-order valence-electron chi connectivity index (χ4n) is 3.17. The Morgan fingerprint density at radius 2 is 1.65 bits per heavy atom. The largest absolute Gasteiger partial charge is 0.490 e. The molecule has 31 heavy (non-hydrogen) atoms. The van der Waals surface area contributed by atoms with Crippen LogP contribution in [0.1, 0.15) is 31.1 Å². The Morgan fingerprint density at radius 3 is 2.35 bits per heavy atom. The fourth-order valence-corrected chi connectivity index (χ4v) is 3.17. The Balaban J connectivity index is 1.87. The number of amides is 1. The van der Waals surface area contributed by atoms with Gasteiger partial charge in [-0.25, -0.2) is 4.79 Å². The van der Waals surface area contributed by atoms with Crippen LogP contribution >= 0.6 is 0 Å². The van der Waals surface area contributed by atoms with E-state index >= 15 is 0 Å². The van der Waals surface area contributed by atoms with Crippen LogP contribution in [-0.2, 0) is 9.53 Å². The normalized spacial score (nSPS) is 12.1. The second kappa shape index (κ2) is 9.51. The summed E-state index contributed by atoms with van der Waals surface area (Å²) in [4.78, 5) is 25.1. The summed E-state index contributed by atoms with van der Waals surface area (Å²) in [5.41, 5.74) is -0.848. The van der Waals surface area contributed by atoms with Crippen molar-refractivity contribution in [2.24, 2.45) is 0 Å². The molecule has 0 saturated carbocycles. The SMILES string of the molecule is COC(=O)C(C)(C)NC(=O)c1ccc2ccccc2c1OC(C)COc1ccccc1. The standard InChI is InChI=1S/C25H27NO5/c1-17(16-30-19-11-6-5-7-12-19)31-22-20-13-9-8-10-18(20)14-15-21(22)23(27)26-25(2,3)24(28)29-4/h5-15,17H,16H2,1-4H3,(H,26,27). The lowest BCUT2D eigenvalue weighted by Crippen LogP contribution is -2.50. The maximum absolute atomic E-state index is 13.1. The zero-order chi connectivity index (χ0) is 22.4. The monoisotopic (exact) mass is 421 g/mol. The molecule has 6 nitrogen and oxygen atoms in total. The zero-order valence-electron chi connectivity index (χ0n) is 18.2. The van der Waals surface area contributed by atoms with E-state index in [2.05, 4.69) is 5.32 Å². The van der Waals surface area contributed by atoms with E-state index in [1.165, 1.54) is 7.11 Å². The van der Waals surface area contributed by atoms with Gasteiger partial charge in [-0.15, -0.1) is 0 Å². The predicted octanol–water partition coefficient (Wildman–Crippen LogP) is 4.37. The first kappa shape index (κ1) is 22.2. The van der Waals surface area contributed by atoms with Crippen molar-refractivity contribution in [2.75, 3.05) is 13.7 Å². The van der Waals surface area contributed by atoms with Gasteiger partial charge >= 0.3 is 5.97 Å². The summed E-state index contributed by atoms with van der Waals surface area (Å²) in [6.07, 6.45) is -0.328. The number of methoxy groups -OCH3 is 1. The first-order valence-electron chi connectivity index (χ1n) is 10.1. The van der Waals surface area contributed by atoms with Gasteiger partial charge in [-0.2, -0.15) is 0 Å². The molecule has 1 atom stereocenters. The lowest BCUT2D eigenvalue weighted by molar-refractivity contribution is -0.146. The lowest BCUT2D eigenvalue weighted by atomic mass is 10.0. The van der Waals surface area contributed by atoms with Gasteiger partial charge in [0.15, 0.2) is 0 Å². The first-order chi connectivity index (χ1) is 14.8. The molecule has 0 saturated heterocycles. The molecule has 3 aromatic rings. The second-order valence-corrected chi connectivity index (χ2v) is 7.79. The van der Waals surface area contributed by atoms with Crippen molar-refractivity contribution < 1.29 is 23.8 Å². The van der Waals surface area contributed by atoms with Gasteiger partial charge in [-0.3, -0.25) is 4.79 Å². The summed E-state index contributed by atoms with van der Waals surface area (Å²) in [5, 5.41) is 4.48. The number of fused-ring (bicyclic) bond motifs is 1. The average Bonchev–Trinajstić information content (AvgIpc) is 2.77. The van der Waals surface area contributed by atoms with Crippen LogP contribution in [0.15, 0.2) is 66.7 Å². The molecule has 1 N–H and O–H groups in total. The minimum Gasteiger partial charge on any atom is -0.490 e. The number of benzene rings is 3. The number of hydrogen-bond acceptors (Lipinski definition) is 5. The number of rotatable bonds is 8. The predicted molar refractivity (Wildman–Crippen MR) is 120 cm³/mol. The number of para-hydroxylation sites is 1. The lowest BCUT2D eigenvalue weighted by Gasteiger charge is -2.25. The van der Waals surface area contributed by atoms with Gasteiger partial charge in [0.2, 0.25) is 0 Å². The number of esters is 1. The van der Waals surface area contributed by atoms with Crippen LogP contribution in [0.4, 0.5) is 0 Å². The molecule has 0 aliphatic heterocycles. The highest BCUT2D eigenvalue weighted by Gasteiger charge is 2.32. The molecule has 6 heteroatoms. The number of hydrogen-bond donors (Lipinski definition) is 1. The Kier molecular flexibility index (Phi) is 6.80. The van der Waals surface area contributed by atoms with E-state index < -0.39 is 17.4 Å². The Labute approximate surface area is 182 Å². The zero-order valence-corrected chi connectivity index (χ0v) is 18.2. The maximum atomic E-state index is 13.1. The van der Waals surface area contributed by atoms with Crippen molar-refractivity contribution in [1.29, 1.82) is 0 Å². The average molecular weight is 421 g/mol. The maximum Gasteiger partial charge on any atom is 0.330 e. The van der Waals surface area contributed by atoms with Crippen molar-refractivity contribution in [3.63, 3.8) is 0 Å². The van der Waals surface area contributed by atoms with Gasteiger partial charge < -0.3 is 19.5 Å². The van der Waals surface area contributed by atoms with Crippen LogP contribution < -0.4 is 14.8 Å². The Morgan fingerprint density at radius 1 is 0.968 bits per heavy atom. The van der Waals surface area contributed by atoms with E-state index in [1.807, 2.05) is 67.6 Å². The molecule has 0 spiro atoms. The summed E-state index contributed by atoms with van der Waals surface area (Å²) >= 11 is 0. The van der Waals surface area contributed by atoms with Crippen LogP contribution in [0.25, 0.3) is 10.8 Å². The van der Waals surface area contributed by atoms with Crippen LogP contribution in [-0.4, -0.2) is 37.2 Å². The fraction of sp³-hybridized carbons (Fsp3) is 0.280. The summed E-state index contributed by atoms with van der Waals surface area (Å²) in [5.74, 6) is 0.232.